The molecule has 0 bridgehead atoms. The van der Waals surface area contributed by atoms with Gasteiger partial charge in [0.25, 0.3) is 0 Å². The predicted molar refractivity (Wildman–Crippen MR) is 64.9 cm³/mol. The van der Waals surface area contributed by atoms with Crippen molar-refractivity contribution >= 4 is 5.91 Å². The highest BCUT2D eigenvalue weighted by atomic mass is 16.1. The molecule has 2 N–H and O–H groups in total. The van der Waals surface area contributed by atoms with E-state index < -0.39 is 0 Å². The molecule has 2 fully saturated rings. The Hall–Kier alpha value is -1.08. The quantitative estimate of drug-likeness (QED) is 0.800. The Morgan fingerprint density at radius 1 is 1.35 bits per heavy atom. The molecule has 0 aromatic heterocycles. The van der Waals surface area contributed by atoms with Gasteiger partial charge in [0.15, 0.2) is 0 Å². The van der Waals surface area contributed by atoms with Gasteiger partial charge in [0, 0.05) is 13.1 Å². The minimum absolute atomic E-state index is 0.0175. The zero-order valence-electron chi connectivity index (χ0n) is 10.3. The number of rotatable bonds is 3. The topological polar surface area (TPSA) is 70.1 Å². The van der Waals surface area contributed by atoms with Crippen LogP contribution in [0.2, 0.25) is 0 Å². The molecule has 2 atom stereocenters. The molecule has 2 unspecified atom stereocenters. The first-order valence-corrected chi connectivity index (χ1v) is 6.63. The van der Waals surface area contributed by atoms with Crippen LogP contribution in [0.25, 0.3) is 0 Å². The van der Waals surface area contributed by atoms with Crippen molar-refractivity contribution in [2.75, 3.05) is 13.1 Å². The number of carbonyl (C=O) groups excluding carboxylic acids is 1. The Morgan fingerprint density at radius 2 is 2.06 bits per heavy atom. The molecule has 94 valence electrons. The molecule has 17 heavy (non-hydrogen) atoms. The van der Waals surface area contributed by atoms with E-state index in [1.54, 1.807) is 0 Å². The molecule has 0 aromatic carbocycles. The third-order valence-corrected chi connectivity index (χ3v) is 4.13. The molecule has 4 nitrogen and oxygen atoms in total. The molecule has 1 saturated heterocycles. The van der Waals surface area contributed by atoms with Crippen molar-refractivity contribution in [1.29, 1.82) is 5.26 Å². The number of hydrogen-bond acceptors (Lipinski definition) is 3. The van der Waals surface area contributed by atoms with Gasteiger partial charge >= 0.3 is 0 Å². The number of nitrogens with two attached hydrogens (primary N) is 1. The Kier molecular flexibility index (Phi) is 4.01. The highest BCUT2D eigenvalue weighted by Gasteiger charge is 2.36. The molecular weight excluding hydrogens is 214 g/mol. The fourth-order valence-electron chi connectivity index (χ4n) is 3.20. The van der Waals surface area contributed by atoms with Crippen LogP contribution in [-0.4, -0.2) is 29.9 Å². The summed E-state index contributed by atoms with van der Waals surface area (Å²) in [5.41, 5.74) is 5.42. The monoisotopic (exact) mass is 235 g/mol. The Bertz CT molecular complexity index is 317. The summed E-state index contributed by atoms with van der Waals surface area (Å²) in [6.45, 7) is 1.67. The van der Waals surface area contributed by atoms with Crippen LogP contribution >= 0.6 is 0 Å². The summed E-state index contributed by atoms with van der Waals surface area (Å²) in [7, 11) is 0. The average molecular weight is 235 g/mol. The molecular formula is C13H21N3O. The smallest absolute Gasteiger partial charge is 0.234 e. The lowest BCUT2D eigenvalue weighted by atomic mass is 9.89. The molecule has 0 spiro atoms. The highest BCUT2D eigenvalue weighted by molar-refractivity contribution is 5.80. The number of carbonyl (C=O) groups is 1. The summed E-state index contributed by atoms with van der Waals surface area (Å²) in [5, 5.41) is 8.96. The van der Waals surface area contributed by atoms with Crippen molar-refractivity contribution < 1.29 is 4.79 Å². The second-order valence-electron chi connectivity index (χ2n) is 5.44. The van der Waals surface area contributed by atoms with Crippen LogP contribution in [0.15, 0.2) is 0 Å². The van der Waals surface area contributed by atoms with E-state index in [2.05, 4.69) is 11.0 Å². The molecule has 2 aliphatic rings. The van der Waals surface area contributed by atoms with Crippen molar-refractivity contribution in [3.8, 4) is 6.07 Å². The van der Waals surface area contributed by atoms with Gasteiger partial charge in [-0.25, -0.2) is 0 Å². The number of likely N-dealkylation sites (tertiary alicyclic amines) is 1. The summed E-state index contributed by atoms with van der Waals surface area (Å²) in [6.07, 6.45) is 7.11. The zero-order valence-corrected chi connectivity index (χ0v) is 10.3. The summed E-state index contributed by atoms with van der Waals surface area (Å²) in [4.78, 5) is 13.5. The number of hydrogen-bond donors (Lipinski definition) is 1. The van der Waals surface area contributed by atoms with Crippen LogP contribution in [0.5, 0.6) is 0 Å². The van der Waals surface area contributed by atoms with E-state index in [0.717, 1.165) is 13.1 Å². The van der Waals surface area contributed by atoms with Gasteiger partial charge in [-0.1, -0.05) is 19.3 Å². The first-order valence-electron chi connectivity index (χ1n) is 6.63. The summed E-state index contributed by atoms with van der Waals surface area (Å²) >= 11 is 0. The Labute approximate surface area is 103 Å². The first-order chi connectivity index (χ1) is 8.20. The maximum Gasteiger partial charge on any atom is 0.234 e. The molecule has 0 radical (unpaired) electrons. The normalized spacial score (nSPS) is 31.2. The molecule has 1 heterocycles. The van der Waals surface area contributed by atoms with E-state index in [-0.39, 0.29) is 17.9 Å². The zero-order chi connectivity index (χ0) is 12.3. The second kappa shape index (κ2) is 5.50. The standard InChI is InChI=1S/C13H21N3O/c14-7-11-6-12(13(15)17)16(9-11)8-10-4-2-1-3-5-10/h10-12H,1-6,8-9H2,(H2,15,17). The summed E-state index contributed by atoms with van der Waals surface area (Å²) in [5.74, 6) is 0.415. The number of primary amides is 1. The van der Waals surface area contributed by atoms with Gasteiger partial charge in [-0.2, -0.15) is 5.26 Å². The predicted octanol–water partition coefficient (Wildman–Crippen LogP) is 1.27. The average Bonchev–Trinajstić information content (AvgIpc) is 2.74. The molecule has 0 aromatic rings. The molecule has 1 aliphatic heterocycles. The second-order valence-corrected chi connectivity index (χ2v) is 5.44. The maximum atomic E-state index is 11.4. The van der Waals surface area contributed by atoms with Crippen molar-refractivity contribution in [3.05, 3.63) is 0 Å². The number of amides is 1. The van der Waals surface area contributed by atoms with Crippen LogP contribution in [0, 0.1) is 23.2 Å². The highest BCUT2D eigenvalue weighted by Crippen LogP contribution is 2.29. The van der Waals surface area contributed by atoms with Crippen LogP contribution in [0.3, 0.4) is 0 Å². The van der Waals surface area contributed by atoms with Gasteiger partial charge in [0.05, 0.1) is 18.0 Å². The van der Waals surface area contributed by atoms with Crippen LogP contribution in [-0.2, 0) is 4.79 Å². The van der Waals surface area contributed by atoms with Gasteiger partial charge in [-0.15, -0.1) is 0 Å². The molecule has 1 saturated carbocycles. The van der Waals surface area contributed by atoms with Crippen molar-refractivity contribution in [2.24, 2.45) is 17.6 Å². The van der Waals surface area contributed by atoms with Crippen molar-refractivity contribution in [2.45, 2.75) is 44.6 Å². The van der Waals surface area contributed by atoms with Gasteiger partial charge in [-0.05, 0) is 25.2 Å². The molecule has 2 rings (SSSR count). The first kappa shape index (κ1) is 12.4. The molecule has 1 aliphatic carbocycles. The third-order valence-electron chi connectivity index (χ3n) is 4.13. The molecule has 1 amide bonds. The fourth-order valence-corrected chi connectivity index (χ4v) is 3.20. The minimum atomic E-state index is -0.265. The lowest BCUT2D eigenvalue weighted by Gasteiger charge is -2.29. The lowest BCUT2D eigenvalue weighted by Crippen LogP contribution is -2.42. The van der Waals surface area contributed by atoms with Gasteiger partial charge in [0.2, 0.25) is 5.91 Å². The van der Waals surface area contributed by atoms with Crippen molar-refractivity contribution in [3.63, 3.8) is 0 Å². The van der Waals surface area contributed by atoms with E-state index in [0.29, 0.717) is 12.3 Å². The number of nitrogens with zero attached hydrogens (tertiary/aromatic N) is 2. The fraction of sp³-hybridized carbons (Fsp3) is 0.846. The Morgan fingerprint density at radius 3 is 2.65 bits per heavy atom. The largest absolute Gasteiger partial charge is 0.368 e. The number of nitriles is 1. The Balaban J connectivity index is 1.93. The summed E-state index contributed by atoms with van der Waals surface area (Å²) < 4.78 is 0. The van der Waals surface area contributed by atoms with E-state index in [1.807, 2.05) is 0 Å². The summed E-state index contributed by atoms with van der Waals surface area (Å²) in [6, 6.07) is 2.06. The van der Waals surface area contributed by atoms with Gasteiger partial charge in [0.1, 0.15) is 0 Å². The van der Waals surface area contributed by atoms with Gasteiger partial charge < -0.3 is 5.73 Å². The van der Waals surface area contributed by atoms with Crippen LogP contribution in [0.4, 0.5) is 0 Å². The molecule has 4 heteroatoms. The SMILES string of the molecule is N#CC1CC(C(N)=O)N(CC2CCCCC2)C1. The van der Waals surface area contributed by atoms with Crippen molar-refractivity contribution in [1.82, 2.24) is 4.90 Å². The lowest BCUT2D eigenvalue weighted by molar-refractivity contribution is -0.122. The van der Waals surface area contributed by atoms with Gasteiger partial charge in [-0.3, -0.25) is 9.69 Å². The van der Waals surface area contributed by atoms with E-state index in [4.69, 9.17) is 11.0 Å². The van der Waals surface area contributed by atoms with Crippen LogP contribution < -0.4 is 5.73 Å². The maximum absolute atomic E-state index is 11.4. The van der Waals surface area contributed by atoms with E-state index >= 15 is 0 Å². The van der Waals surface area contributed by atoms with Crippen LogP contribution in [0.1, 0.15) is 38.5 Å². The van der Waals surface area contributed by atoms with E-state index in [9.17, 15) is 4.79 Å². The third kappa shape index (κ3) is 2.98. The van der Waals surface area contributed by atoms with E-state index in [1.165, 1.54) is 32.1 Å². The minimum Gasteiger partial charge on any atom is -0.368 e.